The van der Waals surface area contributed by atoms with E-state index >= 15 is 0 Å². The number of aromatic nitrogens is 4. The summed E-state index contributed by atoms with van der Waals surface area (Å²) in [4.78, 5) is 8.96. The van der Waals surface area contributed by atoms with Crippen molar-refractivity contribution in [2.75, 3.05) is 13.1 Å². The van der Waals surface area contributed by atoms with Gasteiger partial charge in [0.15, 0.2) is 0 Å². The Morgan fingerprint density at radius 2 is 1.81 bits per heavy atom. The highest BCUT2D eigenvalue weighted by Gasteiger charge is 2.23. The quantitative estimate of drug-likeness (QED) is 0.434. The minimum Gasteiger partial charge on any atom is -0.438 e. The normalized spacial score (nSPS) is 16.1. The second-order valence-electron chi connectivity index (χ2n) is 7.94. The Morgan fingerprint density at radius 3 is 2.59 bits per heavy atom. The summed E-state index contributed by atoms with van der Waals surface area (Å²) in [6, 6.07) is 18.6. The Bertz CT molecular complexity index is 1390. The second-order valence-corrected chi connectivity index (χ2v) is 7.94. The van der Waals surface area contributed by atoms with Crippen LogP contribution in [0.5, 0.6) is 0 Å². The van der Waals surface area contributed by atoms with E-state index in [0.29, 0.717) is 5.71 Å². The third-order valence-corrected chi connectivity index (χ3v) is 5.90. The molecule has 5 aromatic rings. The van der Waals surface area contributed by atoms with E-state index in [-0.39, 0.29) is 11.9 Å². The molecule has 1 saturated heterocycles. The molecule has 32 heavy (non-hydrogen) atoms. The maximum atomic E-state index is 13.6. The van der Waals surface area contributed by atoms with Gasteiger partial charge in [-0.2, -0.15) is 5.10 Å². The molecule has 1 aliphatic heterocycles. The van der Waals surface area contributed by atoms with Crippen LogP contribution in [0.3, 0.4) is 0 Å². The molecule has 7 heteroatoms. The highest BCUT2D eigenvalue weighted by molar-refractivity contribution is 5.95. The molecule has 0 spiro atoms. The number of nitrogens with zero attached hydrogens (tertiary/aromatic N) is 4. The summed E-state index contributed by atoms with van der Waals surface area (Å²) in [7, 11) is 0. The molecule has 2 aromatic carbocycles. The molecule has 158 valence electrons. The van der Waals surface area contributed by atoms with Gasteiger partial charge in [0.2, 0.25) is 5.71 Å². The Hall–Kier alpha value is -3.84. The molecule has 6 rings (SSSR count). The summed E-state index contributed by atoms with van der Waals surface area (Å²) in [5.74, 6) is 0.458. The molecule has 1 unspecified atom stereocenters. The van der Waals surface area contributed by atoms with Gasteiger partial charge in [0.1, 0.15) is 23.6 Å². The third-order valence-electron chi connectivity index (χ3n) is 5.90. The van der Waals surface area contributed by atoms with Crippen molar-refractivity contribution in [1.29, 1.82) is 0 Å². The van der Waals surface area contributed by atoms with Gasteiger partial charge in [0.25, 0.3) is 0 Å². The van der Waals surface area contributed by atoms with Crippen molar-refractivity contribution in [3.05, 3.63) is 79.0 Å². The summed E-state index contributed by atoms with van der Waals surface area (Å²) in [6.07, 6.45) is 4.55. The number of hydrogen-bond donors (Lipinski definition) is 1. The number of benzene rings is 2. The van der Waals surface area contributed by atoms with E-state index in [1.54, 1.807) is 12.1 Å². The first-order chi connectivity index (χ1) is 15.8. The summed E-state index contributed by atoms with van der Waals surface area (Å²) in [5, 5.41) is 9.11. The van der Waals surface area contributed by atoms with E-state index in [0.717, 1.165) is 58.7 Å². The van der Waals surface area contributed by atoms with Gasteiger partial charge in [0.05, 0.1) is 17.1 Å². The van der Waals surface area contributed by atoms with Crippen molar-refractivity contribution < 1.29 is 8.81 Å². The average molecular weight is 425 g/mol. The molecule has 6 nitrogen and oxygen atoms in total. The van der Waals surface area contributed by atoms with Crippen molar-refractivity contribution in [2.45, 2.75) is 12.5 Å². The average Bonchev–Trinajstić information content (AvgIpc) is 3.59. The predicted molar refractivity (Wildman–Crippen MR) is 120 cm³/mol. The number of rotatable bonds is 4. The molecule has 4 heterocycles. The number of fused-ring (bicyclic) bond motifs is 1. The molecule has 0 radical (unpaired) electrons. The van der Waals surface area contributed by atoms with E-state index in [9.17, 15) is 4.39 Å². The molecule has 3 aromatic heterocycles. The molecule has 1 fully saturated rings. The third kappa shape index (κ3) is 3.27. The fourth-order valence-electron chi connectivity index (χ4n) is 4.25. The van der Waals surface area contributed by atoms with Crippen LogP contribution in [-0.2, 0) is 0 Å². The van der Waals surface area contributed by atoms with Gasteiger partial charge in [-0.1, -0.05) is 30.3 Å². The van der Waals surface area contributed by atoms with E-state index in [4.69, 9.17) is 9.52 Å². The number of furan rings is 1. The van der Waals surface area contributed by atoms with Crippen molar-refractivity contribution in [2.24, 2.45) is 0 Å². The minimum absolute atomic E-state index is 0.268. The molecular formula is C25H20FN5O. The fraction of sp³-hybridized carbons (Fsp3) is 0.160. The standard InChI is InChI=1S/C25H20FN5O/c26-18-8-6-17(7-9-18)23-21(14-31(30-23)19-10-11-27-13-19)24-20-12-22(16-4-2-1-3-5-16)32-25(20)29-15-28-24/h1-9,12,14-15,19,27H,10-11,13H2. The molecule has 1 aliphatic rings. The van der Waals surface area contributed by atoms with Gasteiger partial charge >= 0.3 is 0 Å². The predicted octanol–water partition coefficient (Wildman–Crippen LogP) is 5.09. The monoisotopic (exact) mass is 425 g/mol. The second kappa shape index (κ2) is 7.69. The Labute approximate surface area is 183 Å². The highest BCUT2D eigenvalue weighted by atomic mass is 19.1. The van der Waals surface area contributed by atoms with Gasteiger partial charge in [0, 0.05) is 29.4 Å². The SMILES string of the molecule is Fc1ccc(-c2nn(C3CCNC3)cc2-c2ncnc3oc(-c4ccccc4)cc23)cc1. The zero-order valence-corrected chi connectivity index (χ0v) is 17.2. The first-order valence-electron chi connectivity index (χ1n) is 10.6. The van der Waals surface area contributed by atoms with Gasteiger partial charge < -0.3 is 9.73 Å². The molecule has 0 saturated carbocycles. The summed E-state index contributed by atoms with van der Waals surface area (Å²) >= 11 is 0. The Balaban J connectivity index is 1.54. The van der Waals surface area contributed by atoms with E-state index in [1.165, 1.54) is 18.5 Å². The molecule has 1 atom stereocenters. The Morgan fingerprint density at radius 1 is 0.969 bits per heavy atom. The van der Waals surface area contributed by atoms with Crippen molar-refractivity contribution in [3.8, 4) is 33.8 Å². The van der Waals surface area contributed by atoms with Crippen molar-refractivity contribution >= 4 is 11.1 Å². The van der Waals surface area contributed by atoms with Crippen LogP contribution in [0.4, 0.5) is 4.39 Å². The highest BCUT2D eigenvalue weighted by Crippen LogP contribution is 2.37. The molecular weight excluding hydrogens is 405 g/mol. The van der Waals surface area contributed by atoms with Crippen LogP contribution in [0.1, 0.15) is 12.5 Å². The van der Waals surface area contributed by atoms with Gasteiger partial charge in [-0.15, -0.1) is 0 Å². The molecule has 1 N–H and O–H groups in total. The van der Waals surface area contributed by atoms with Crippen LogP contribution in [0.25, 0.3) is 44.9 Å². The van der Waals surface area contributed by atoms with E-state index in [1.807, 2.05) is 47.3 Å². The number of nitrogens with one attached hydrogen (secondary N) is 1. The van der Waals surface area contributed by atoms with E-state index in [2.05, 4.69) is 15.3 Å². The lowest BCUT2D eigenvalue weighted by Crippen LogP contribution is -2.13. The van der Waals surface area contributed by atoms with Crippen LogP contribution in [-0.4, -0.2) is 32.8 Å². The van der Waals surface area contributed by atoms with Gasteiger partial charge in [-0.3, -0.25) is 4.68 Å². The van der Waals surface area contributed by atoms with Crippen LogP contribution < -0.4 is 5.32 Å². The largest absolute Gasteiger partial charge is 0.438 e. The van der Waals surface area contributed by atoms with Crippen molar-refractivity contribution in [1.82, 2.24) is 25.1 Å². The molecule has 0 aliphatic carbocycles. The summed E-state index contributed by atoms with van der Waals surface area (Å²) < 4.78 is 21.6. The fourth-order valence-corrected chi connectivity index (χ4v) is 4.25. The van der Waals surface area contributed by atoms with Gasteiger partial charge in [-0.05, 0) is 43.3 Å². The Kier molecular flexibility index (Phi) is 4.54. The zero-order valence-electron chi connectivity index (χ0n) is 17.2. The van der Waals surface area contributed by atoms with Crippen LogP contribution in [0.2, 0.25) is 0 Å². The summed E-state index contributed by atoms with van der Waals surface area (Å²) in [6.45, 7) is 1.83. The first kappa shape index (κ1) is 18.9. The van der Waals surface area contributed by atoms with Crippen molar-refractivity contribution in [3.63, 3.8) is 0 Å². The maximum Gasteiger partial charge on any atom is 0.230 e. The van der Waals surface area contributed by atoms with Crippen LogP contribution in [0, 0.1) is 5.82 Å². The minimum atomic E-state index is -0.276. The van der Waals surface area contributed by atoms with Crippen LogP contribution >= 0.6 is 0 Å². The molecule has 0 amide bonds. The lowest BCUT2D eigenvalue weighted by molar-refractivity contribution is 0.492. The number of halogens is 1. The van der Waals surface area contributed by atoms with Crippen LogP contribution in [0.15, 0.2) is 77.6 Å². The lowest BCUT2D eigenvalue weighted by Gasteiger charge is -2.07. The maximum absolute atomic E-state index is 13.6. The summed E-state index contributed by atoms with van der Waals surface area (Å²) in [5.41, 5.74) is 4.72. The van der Waals surface area contributed by atoms with E-state index < -0.39 is 0 Å². The number of hydrogen-bond acceptors (Lipinski definition) is 5. The zero-order chi connectivity index (χ0) is 21.5. The lowest BCUT2D eigenvalue weighted by atomic mass is 10.0. The first-order valence-corrected chi connectivity index (χ1v) is 10.6. The smallest absolute Gasteiger partial charge is 0.230 e. The topological polar surface area (TPSA) is 68.8 Å². The molecule has 0 bridgehead atoms. The van der Waals surface area contributed by atoms with Gasteiger partial charge in [-0.25, -0.2) is 14.4 Å².